The Balaban J connectivity index is 1.30. The van der Waals surface area contributed by atoms with Gasteiger partial charge in [0.2, 0.25) is 5.91 Å². The van der Waals surface area contributed by atoms with Crippen molar-refractivity contribution < 1.29 is 9.59 Å². The molecule has 0 spiro atoms. The predicted molar refractivity (Wildman–Crippen MR) is 174 cm³/mol. The number of rotatable bonds is 11. The maximum Gasteiger partial charge on any atom is 0.251 e. The number of benzene rings is 3. The summed E-state index contributed by atoms with van der Waals surface area (Å²) >= 11 is 0. The molecule has 2 aliphatic rings. The molecule has 43 heavy (non-hydrogen) atoms. The van der Waals surface area contributed by atoms with Gasteiger partial charge in [-0.05, 0) is 60.1 Å². The Labute approximate surface area is 253 Å². The highest BCUT2D eigenvalue weighted by molar-refractivity contribution is 5.98. The van der Waals surface area contributed by atoms with Crippen molar-refractivity contribution >= 4 is 28.5 Å². The Bertz CT molecular complexity index is 1480. The molecule has 0 saturated carbocycles. The molecular formula is C35H42N6O2. The standard InChI is InChI=1S/C35H42N6O2/c36-35(37)38-20-9-16-32-34(43)41(24-31(26-11-3-1-4-12-26)27-13-5-2-6-14-27)21-19-30(40-32)23-39-33(42)29-18-17-25-10-7-8-15-28(25)22-29/h1-8,10-13,15,17-18,22,27,30-32,40H,9,14,16,19-21,23-24H2,(H,39,42)(H4,36,37,38)/t27?,30-,31?,32-/m0/s1. The van der Waals surface area contributed by atoms with E-state index in [0.29, 0.717) is 50.5 Å². The van der Waals surface area contributed by atoms with Crippen molar-refractivity contribution in [1.82, 2.24) is 15.5 Å². The fourth-order valence-electron chi connectivity index (χ4n) is 6.11. The minimum atomic E-state index is -0.391. The molecule has 0 bridgehead atoms. The van der Waals surface area contributed by atoms with Crippen LogP contribution in [-0.4, -0.2) is 60.9 Å². The summed E-state index contributed by atoms with van der Waals surface area (Å²) in [7, 11) is 0. The molecule has 224 valence electrons. The number of hydrogen-bond acceptors (Lipinski definition) is 4. The number of fused-ring (bicyclic) bond motifs is 1. The van der Waals surface area contributed by atoms with E-state index in [4.69, 9.17) is 11.5 Å². The molecule has 3 aromatic carbocycles. The van der Waals surface area contributed by atoms with Gasteiger partial charge < -0.3 is 27.0 Å². The van der Waals surface area contributed by atoms with E-state index in [-0.39, 0.29) is 29.7 Å². The first-order valence-electron chi connectivity index (χ1n) is 15.2. The van der Waals surface area contributed by atoms with Crippen LogP contribution in [0, 0.1) is 5.92 Å². The van der Waals surface area contributed by atoms with Crippen LogP contribution in [0.25, 0.3) is 10.8 Å². The number of aliphatic imine (C=N–C) groups is 1. The number of nitrogens with one attached hydrogen (secondary N) is 2. The summed E-state index contributed by atoms with van der Waals surface area (Å²) in [6, 6.07) is 23.8. The Hall–Kier alpha value is -4.43. The number of nitrogens with two attached hydrogens (primary N) is 2. The zero-order chi connectivity index (χ0) is 30.0. The summed E-state index contributed by atoms with van der Waals surface area (Å²) in [6.07, 6.45) is 11.6. The van der Waals surface area contributed by atoms with Gasteiger partial charge in [0.1, 0.15) is 0 Å². The maximum atomic E-state index is 14.0. The maximum absolute atomic E-state index is 14.0. The van der Waals surface area contributed by atoms with Gasteiger partial charge in [0, 0.05) is 43.7 Å². The lowest BCUT2D eigenvalue weighted by molar-refractivity contribution is -0.133. The molecule has 1 aliphatic carbocycles. The van der Waals surface area contributed by atoms with Gasteiger partial charge in [-0.2, -0.15) is 0 Å². The van der Waals surface area contributed by atoms with Crippen molar-refractivity contribution in [3.8, 4) is 0 Å². The van der Waals surface area contributed by atoms with Crippen LogP contribution in [0.3, 0.4) is 0 Å². The third-order valence-corrected chi connectivity index (χ3v) is 8.44. The average molecular weight is 579 g/mol. The SMILES string of the molecule is NC(N)=NCCC[C@@H]1N[C@H](CNC(=O)c2ccc3ccccc3c2)CCN(CC(c2ccccc2)C2C=CC=CC2)C1=O. The first-order chi connectivity index (χ1) is 21.0. The molecule has 6 N–H and O–H groups in total. The molecule has 1 aliphatic heterocycles. The van der Waals surface area contributed by atoms with Gasteiger partial charge in [0.15, 0.2) is 5.96 Å². The summed E-state index contributed by atoms with van der Waals surface area (Å²) in [5.41, 5.74) is 12.9. The lowest BCUT2D eigenvalue weighted by Crippen LogP contribution is -2.49. The molecule has 5 rings (SSSR count). The van der Waals surface area contributed by atoms with E-state index < -0.39 is 6.04 Å². The molecule has 1 fully saturated rings. The quantitative estimate of drug-likeness (QED) is 0.155. The van der Waals surface area contributed by atoms with Crippen molar-refractivity contribution in [2.45, 2.75) is 43.7 Å². The third kappa shape index (κ3) is 8.11. The molecule has 8 nitrogen and oxygen atoms in total. The molecule has 1 saturated heterocycles. The van der Waals surface area contributed by atoms with Crippen molar-refractivity contribution in [3.05, 3.63) is 108 Å². The van der Waals surface area contributed by atoms with Crippen LogP contribution in [-0.2, 0) is 4.79 Å². The first kappa shape index (κ1) is 30.0. The lowest BCUT2D eigenvalue weighted by Gasteiger charge is -2.32. The number of amides is 2. The van der Waals surface area contributed by atoms with Crippen LogP contribution in [0.1, 0.15) is 47.5 Å². The van der Waals surface area contributed by atoms with Gasteiger partial charge in [0.25, 0.3) is 5.91 Å². The molecule has 3 aromatic rings. The number of carbonyl (C=O) groups excluding carboxylic acids is 2. The molecular weight excluding hydrogens is 536 g/mol. The smallest absolute Gasteiger partial charge is 0.251 e. The van der Waals surface area contributed by atoms with E-state index >= 15 is 0 Å². The van der Waals surface area contributed by atoms with Crippen molar-refractivity contribution in [2.75, 3.05) is 26.2 Å². The van der Waals surface area contributed by atoms with E-state index in [1.54, 1.807) is 0 Å². The van der Waals surface area contributed by atoms with Gasteiger partial charge in [-0.15, -0.1) is 0 Å². The largest absolute Gasteiger partial charge is 0.370 e. The highest BCUT2D eigenvalue weighted by Gasteiger charge is 2.33. The lowest BCUT2D eigenvalue weighted by atomic mass is 9.81. The Kier molecular flexibility index (Phi) is 10.2. The molecule has 8 heteroatoms. The zero-order valence-corrected chi connectivity index (χ0v) is 24.6. The second-order valence-corrected chi connectivity index (χ2v) is 11.4. The van der Waals surface area contributed by atoms with Crippen LogP contribution in [0.5, 0.6) is 0 Å². The van der Waals surface area contributed by atoms with Crippen LogP contribution in [0.2, 0.25) is 0 Å². The third-order valence-electron chi connectivity index (χ3n) is 8.44. The summed E-state index contributed by atoms with van der Waals surface area (Å²) in [5.74, 6) is 0.512. The van der Waals surface area contributed by atoms with Crippen molar-refractivity contribution in [2.24, 2.45) is 22.4 Å². The summed E-state index contributed by atoms with van der Waals surface area (Å²) in [4.78, 5) is 33.3. The molecule has 0 aromatic heterocycles. The highest BCUT2D eigenvalue weighted by atomic mass is 16.2. The van der Waals surface area contributed by atoms with Crippen molar-refractivity contribution in [1.29, 1.82) is 0 Å². The second kappa shape index (κ2) is 14.6. The van der Waals surface area contributed by atoms with E-state index in [1.807, 2.05) is 53.4 Å². The molecule has 4 atom stereocenters. The summed E-state index contributed by atoms with van der Waals surface area (Å²) < 4.78 is 0. The molecule has 1 heterocycles. The number of hydrogen-bond donors (Lipinski definition) is 4. The van der Waals surface area contributed by atoms with Crippen LogP contribution >= 0.6 is 0 Å². The van der Waals surface area contributed by atoms with Gasteiger partial charge in [-0.25, -0.2) is 0 Å². The van der Waals surface area contributed by atoms with Crippen LogP contribution in [0.15, 0.2) is 102 Å². The molecule has 0 radical (unpaired) electrons. The fourth-order valence-corrected chi connectivity index (χ4v) is 6.11. The van der Waals surface area contributed by atoms with Gasteiger partial charge in [-0.1, -0.05) is 85.0 Å². The number of allylic oxidation sites excluding steroid dienone is 4. The normalized spacial score (nSPS) is 20.9. The Morgan fingerprint density at radius 2 is 1.81 bits per heavy atom. The zero-order valence-electron chi connectivity index (χ0n) is 24.6. The predicted octanol–water partition coefficient (Wildman–Crippen LogP) is 4.10. The minimum Gasteiger partial charge on any atom is -0.370 e. The van der Waals surface area contributed by atoms with E-state index in [1.165, 1.54) is 5.56 Å². The Morgan fingerprint density at radius 3 is 2.58 bits per heavy atom. The Morgan fingerprint density at radius 1 is 1.02 bits per heavy atom. The summed E-state index contributed by atoms with van der Waals surface area (Å²) in [5, 5.41) is 8.81. The van der Waals surface area contributed by atoms with Crippen LogP contribution < -0.4 is 22.1 Å². The number of carbonyl (C=O) groups is 2. The van der Waals surface area contributed by atoms with E-state index in [0.717, 1.165) is 23.6 Å². The second-order valence-electron chi connectivity index (χ2n) is 11.4. The average Bonchev–Trinajstić information content (AvgIpc) is 3.19. The van der Waals surface area contributed by atoms with E-state index in [2.05, 4.69) is 64.2 Å². The van der Waals surface area contributed by atoms with Gasteiger partial charge >= 0.3 is 0 Å². The highest BCUT2D eigenvalue weighted by Crippen LogP contribution is 2.32. The van der Waals surface area contributed by atoms with Crippen LogP contribution in [0.4, 0.5) is 0 Å². The van der Waals surface area contributed by atoms with Gasteiger partial charge in [0.05, 0.1) is 6.04 Å². The number of guanidine groups is 1. The molecule has 2 unspecified atom stereocenters. The van der Waals surface area contributed by atoms with E-state index in [9.17, 15) is 9.59 Å². The summed E-state index contributed by atoms with van der Waals surface area (Å²) in [6.45, 7) is 2.13. The van der Waals surface area contributed by atoms with Gasteiger partial charge in [-0.3, -0.25) is 14.6 Å². The first-order valence-corrected chi connectivity index (χ1v) is 15.2. The minimum absolute atomic E-state index is 0.0522. The monoisotopic (exact) mass is 578 g/mol. The fraction of sp³-hybridized carbons (Fsp3) is 0.343. The van der Waals surface area contributed by atoms with Crippen molar-refractivity contribution in [3.63, 3.8) is 0 Å². The molecule has 2 amide bonds. The number of nitrogens with zero attached hydrogens (tertiary/aromatic N) is 2. The topological polar surface area (TPSA) is 126 Å².